The van der Waals surface area contributed by atoms with Crippen LogP contribution in [0.25, 0.3) is 11.0 Å². The van der Waals surface area contributed by atoms with Crippen LogP contribution in [0.2, 0.25) is 0 Å². The molecular weight excluding hydrogens is 421 g/mol. The fourth-order valence-electron chi connectivity index (χ4n) is 3.39. The van der Waals surface area contributed by atoms with Gasteiger partial charge in [0.05, 0.1) is 11.0 Å². The minimum absolute atomic E-state index is 0.178. The van der Waals surface area contributed by atoms with Crippen LogP contribution < -0.4 is 10.6 Å². The second-order valence-electron chi connectivity index (χ2n) is 7.04. The summed E-state index contributed by atoms with van der Waals surface area (Å²) in [5.41, 5.74) is -3.39. The van der Waals surface area contributed by atoms with Crippen molar-refractivity contribution in [1.82, 2.24) is 24.5 Å². The molecular formula is C18H25F3N6O2S. The first-order valence-corrected chi connectivity index (χ1v) is 11.1. The molecule has 12 heteroatoms. The number of halogens is 3. The molecule has 1 saturated heterocycles. The number of hydrogen-bond donors (Lipinski definition) is 2. The van der Waals surface area contributed by atoms with Gasteiger partial charge < -0.3 is 15.2 Å². The predicted molar refractivity (Wildman–Crippen MR) is 108 cm³/mol. The van der Waals surface area contributed by atoms with Crippen LogP contribution in [-0.2, 0) is 23.6 Å². The Labute approximate surface area is 173 Å². The summed E-state index contributed by atoms with van der Waals surface area (Å²) in [4.78, 5) is 9.11. The fraction of sp³-hybridized carbons (Fsp3) is 0.556. The normalized spacial score (nSPS) is 17.4. The molecule has 0 saturated carbocycles. The van der Waals surface area contributed by atoms with Crippen LogP contribution in [0.3, 0.4) is 0 Å². The molecule has 30 heavy (non-hydrogen) atoms. The highest BCUT2D eigenvalue weighted by Gasteiger charge is 2.50. The van der Waals surface area contributed by atoms with Gasteiger partial charge in [0, 0.05) is 32.7 Å². The number of para-hydroxylation sites is 2. The number of aliphatic imine (C=N–C) groups is 1. The number of aryl methyl sites for hydroxylation is 1. The quantitative estimate of drug-likeness (QED) is 0.541. The van der Waals surface area contributed by atoms with E-state index < -0.39 is 15.5 Å². The van der Waals surface area contributed by atoms with Crippen LogP contribution in [0, 0.1) is 0 Å². The van der Waals surface area contributed by atoms with E-state index in [1.54, 1.807) is 0 Å². The summed E-state index contributed by atoms with van der Waals surface area (Å²) in [7, 11) is -3.36. The van der Waals surface area contributed by atoms with Crippen molar-refractivity contribution in [2.24, 2.45) is 12.0 Å². The maximum atomic E-state index is 12.7. The number of aromatic nitrogens is 2. The standard InChI is InChI=1S/C18H25F3N6O2S/c1-3-22-17(23-12-16-25-14-6-4-5-7-15(14)26(16)2)24-13-8-10-27(11-9-13)30(28,29)18(19,20)21/h4-7,13H,3,8-12H2,1-2H3,(H2,22,23,24). The fourth-order valence-corrected chi connectivity index (χ4v) is 4.37. The Morgan fingerprint density at radius 2 is 1.93 bits per heavy atom. The molecule has 1 aliphatic rings. The van der Waals surface area contributed by atoms with Gasteiger partial charge in [-0.1, -0.05) is 12.1 Å². The molecule has 0 radical (unpaired) electrons. The Morgan fingerprint density at radius 3 is 2.53 bits per heavy atom. The second kappa shape index (κ2) is 8.80. The van der Waals surface area contributed by atoms with E-state index >= 15 is 0 Å². The van der Waals surface area contributed by atoms with Gasteiger partial charge in [-0.05, 0) is 31.9 Å². The Balaban J connectivity index is 1.64. The first-order valence-electron chi connectivity index (χ1n) is 9.65. The zero-order valence-corrected chi connectivity index (χ0v) is 17.6. The average Bonchev–Trinajstić information content (AvgIpc) is 3.02. The SMILES string of the molecule is CCNC(=NCc1nc2ccccc2n1C)NC1CCN(S(=O)(=O)C(F)(F)F)CC1. The molecule has 8 nitrogen and oxygen atoms in total. The van der Waals surface area contributed by atoms with Gasteiger partial charge in [-0.25, -0.2) is 18.4 Å². The van der Waals surface area contributed by atoms with Crippen molar-refractivity contribution in [3.63, 3.8) is 0 Å². The highest BCUT2D eigenvalue weighted by atomic mass is 32.2. The van der Waals surface area contributed by atoms with Crippen molar-refractivity contribution in [1.29, 1.82) is 0 Å². The first-order chi connectivity index (χ1) is 14.1. The van der Waals surface area contributed by atoms with Crippen LogP contribution in [0.15, 0.2) is 29.3 Å². The highest BCUT2D eigenvalue weighted by molar-refractivity contribution is 7.90. The third kappa shape index (κ3) is 4.69. The third-order valence-electron chi connectivity index (χ3n) is 5.03. The largest absolute Gasteiger partial charge is 0.511 e. The van der Waals surface area contributed by atoms with Gasteiger partial charge in [0.15, 0.2) is 5.96 Å². The van der Waals surface area contributed by atoms with E-state index in [2.05, 4.69) is 20.6 Å². The number of fused-ring (bicyclic) bond motifs is 1. The Morgan fingerprint density at radius 1 is 1.27 bits per heavy atom. The predicted octanol–water partition coefficient (Wildman–Crippen LogP) is 1.94. The topological polar surface area (TPSA) is 91.6 Å². The summed E-state index contributed by atoms with van der Waals surface area (Å²) in [6.45, 7) is 2.45. The molecule has 2 aromatic rings. The molecule has 3 rings (SSSR count). The summed E-state index contributed by atoms with van der Waals surface area (Å²) in [6.07, 6.45) is 0.512. The van der Waals surface area contributed by atoms with Crippen molar-refractivity contribution in [3.8, 4) is 0 Å². The van der Waals surface area contributed by atoms with E-state index in [4.69, 9.17) is 0 Å². The lowest BCUT2D eigenvalue weighted by Crippen LogP contribution is -2.51. The van der Waals surface area contributed by atoms with Crippen LogP contribution in [0.4, 0.5) is 13.2 Å². The second-order valence-corrected chi connectivity index (χ2v) is 8.97. The Kier molecular flexibility index (Phi) is 6.56. The van der Waals surface area contributed by atoms with Crippen molar-refractivity contribution in [3.05, 3.63) is 30.1 Å². The highest BCUT2D eigenvalue weighted by Crippen LogP contribution is 2.29. The van der Waals surface area contributed by atoms with Gasteiger partial charge >= 0.3 is 15.5 Å². The van der Waals surface area contributed by atoms with Gasteiger partial charge in [-0.2, -0.15) is 17.5 Å². The van der Waals surface area contributed by atoms with Gasteiger partial charge in [0.25, 0.3) is 0 Å². The summed E-state index contributed by atoms with van der Waals surface area (Å²) in [5, 5.41) is 6.30. The lowest BCUT2D eigenvalue weighted by molar-refractivity contribution is -0.0494. The number of sulfonamides is 1. The smallest absolute Gasteiger partial charge is 0.357 e. The third-order valence-corrected chi connectivity index (χ3v) is 6.66. The monoisotopic (exact) mass is 446 g/mol. The number of piperidine rings is 1. The van der Waals surface area contributed by atoms with E-state index in [1.807, 2.05) is 42.8 Å². The van der Waals surface area contributed by atoms with Crippen LogP contribution in [0.5, 0.6) is 0 Å². The van der Waals surface area contributed by atoms with Crippen molar-refractivity contribution in [2.45, 2.75) is 37.9 Å². The number of guanidine groups is 1. The molecule has 2 N–H and O–H groups in total. The van der Waals surface area contributed by atoms with Crippen molar-refractivity contribution in [2.75, 3.05) is 19.6 Å². The van der Waals surface area contributed by atoms with E-state index in [1.165, 1.54) is 0 Å². The molecule has 0 aliphatic carbocycles. The van der Waals surface area contributed by atoms with E-state index in [-0.39, 0.29) is 32.0 Å². The van der Waals surface area contributed by atoms with Gasteiger partial charge in [0.2, 0.25) is 0 Å². The lowest BCUT2D eigenvalue weighted by Gasteiger charge is -2.32. The minimum atomic E-state index is -5.28. The van der Waals surface area contributed by atoms with Crippen LogP contribution >= 0.6 is 0 Å². The summed E-state index contributed by atoms with van der Waals surface area (Å²) in [5.74, 6) is 1.29. The molecule has 1 aromatic heterocycles. The number of rotatable bonds is 5. The Bertz CT molecular complexity index is 1010. The first kappa shape index (κ1) is 22.3. The summed E-state index contributed by atoms with van der Waals surface area (Å²) < 4.78 is 63.7. The molecule has 0 amide bonds. The van der Waals surface area contributed by atoms with Crippen molar-refractivity contribution >= 4 is 27.0 Å². The molecule has 0 atom stereocenters. The molecule has 166 valence electrons. The van der Waals surface area contributed by atoms with Crippen LogP contribution in [0.1, 0.15) is 25.6 Å². The molecule has 2 heterocycles. The Hall–Kier alpha value is -2.34. The number of hydrogen-bond acceptors (Lipinski definition) is 4. The number of alkyl halides is 3. The molecule has 0 bridgehead atoms. The van der Waals surface area contributed by atoms with Crippen molar-refractivity contribution < 1.29 is 21.6 Å². The van der Waals surface area contributed by atoms with Crippen LogP contribution in [-0.4, -0.2) is 59.4 Å². The molecule has 1 fully saturated rings. The maximum Gasteiger partial charge on any atom is 0.511 e. The van der Waals surface area contributed by atoms with E-state index in [0.717, 1.165) is 16.9 Å². The number of nitrogens with zero attached hydrogens (tertiary/aromatic N) is 4. The average molecular weight is 446 g/mol. The van der Waals surface area contributed by atoms with Gasteiger partial charge in [0.1, 0.15) is 12.4 Å². The molecule has 0 unspecified atom stereocenters. The number of benzene rings is 1. The van der Waals surface area contributed by atoms with Gasteiger partial charge in [-0.15, -0.1) is 0 Å². The number of imidazole rings is 1. The molecule has 0 spiro atoms. The molecule has 1 aromatic carbocycles. The number of nitrogens with one attached hydrogen (secondary N) is 2. The van der Waals surface area contributed by atoms with Gasteiger partial charge in [-0.3, -0.25) is 0 Å². The van der Waals surface area contributed by atoms with E-state index in [0.29, 0.717) is 23.4 Å². The molecule has 1 aliphatic heterocycles. The summed E-state index contributed by atoms with van der Waals surface area (Å²) in [6, 6.07) is 7.58. The zero-order chi connectivity index (χ0) is 21.9. The zero-order valence-electron chi connectivity index (χ0n) is 16.8. The maximum absolute atomic E-state index is 12.7. The minimum Gasteiger partial charge on any atom is -0.357 e. The summed E-state index contributed by atoms with van der Waals surface area (Å²) >= 11 is 0. The van der Waals surface area contributed by atoms with E-state index in [9.17, 15) is 21.6 Å². The lowest BCUT2D eigenvalue weighted by atomic mass is 10.1.